The summed E-state index contributed by atoms with van der Waals surface area (Å²) >= 11 is 4.86. The molecule has 2 heterocycles. The van der Waals surface area contributed by atoms with Crippen molar-refractivity contribution in [3.63, 3.8) is 0 Å². The Kier molecular flexibility index (Phi) is 5.86. The summed E-state index contributed by atoms with van der Waals surface area (Å²) in [4.78, 5) is 13.3. The van der Waals surface area contributed by atoms with Crippen LogP contribution in [0.25, 0.3) is 0 Å². The third kappa shape index (κ3) is 4.79. The number of rotatable bonds is 7. The average molecular weight is 354 g/mol. The molecule has 2 aromatic heterocycles. The molecule has 0 saturated heterocycles. The quantitative estimate of drug-likeness (QED) is 0.574. The van der Waals surface area contributed by atoms with Gasteiger partial charge in [-0.1, -0.05) is 54.8 Å². The molecule has 1 saturated carbocycles. The molecule has 7 heteroatoms. The molecule has 118 valence electrons. The summed E-state index contributed by atoms with van der Waals surface area (Å²) < 4.78 is 0.902. The molecule has 0 aliphatic heterocycles. The molecule has 2 aromatic rings. The minimum absolute atomic E-state index is 0.0675. The standard InChI is InChI=1S/C15H19N3OS3/c19-13(8-7-11-4-1-2-5-11)16-14-17-18-15(22-14)21-10-12-6-3-9-20-12/h3,6,9,11H,1-2,4-5,7-8,10H2,(H,16,17,19). The maximum Gasteiger partial charge on any atom is 0.226 e. The van der Waals surface area contributed by atoms with Crippen LogP contribution >= 0.6 is 34.4 Å². The van der Waals surface area contributed by atoms with Gasteiger partial charge < -0.3 is 5.32 Å². The molecule has 0 radical (unpaired) electrons. The van der Waals surface area contributed by atoms with E-state index in [1.54, 1.807) is 23.1 Å². The van der Waals surface area contributed by atoms with Crippen LogP contribution in [0, 0.1) is 5.92 Å². The number of aromatic nitrogens is 2. The van der Waals surface area contributed by atoms with E-state index in [0.29, 0.717) is 11.6 Å². The second-order valence-corrected chi connectivity index (χ2v) is 8.71. The van der Waals surface area contributed by atoms with Crippen LogP contribution in [-0.4, -0.2) is 16.1 Å². The molecule has 1 N–H and O–H groups in total. The Morgan fingerprint density at radius 2 is 2.23 bits per heavy atom. The van der Waals surface area contributed by atoms with E-state index in [9.17, 15) is 4.79 Å². The Morgan fingerprint density at radius 3 is 3.00 bits per heavy atom. The van der Waals surface area contributed by atoms with E-state index in [2.05, 4.69) is 33.0 Å². The van der Waals surface area contributed by atoms with Crippen molar-refractivity contribution in [3.8, 4) is 0 Å². The monoisotopic (exact) mass is 353 g/mol. The summed E-state index contributed by atoms with van der Waals surface area (Å²) in [6.07, 6.45) is 6.83. The van der Waals surface area contributed by atoms with Crippen molar-refractivity contribution in [2.75, 3.05) is 5.32 Å². The Bertz CT molecular complexity index is 591. The summed E-state index contributed by atoms with van der Waals surface area (Å²) in [5, 5.41) is 13.7. The molecule has 1 aliphatic carbocycles. The highest BCUT2D eigenvalue weighted by atomic mass is 32.2. The van der Waals surface area contributed by atoms with Gasteiger partial charge in [0, 0.05) is 17.1 Å². The lowest BCUT2D eigenvalue weighted by atomic mass is 10.0. The van der Waals surface area contributed by atoms with Crippen molar-refractivity contribution >= 4 is 45.5 Å². The number of thiophene rings is 1. The van der Waals surface area contributed by atoms with Gasteiger partial charge in [-0.2, -0.15) is 0 Å². The molecule has 0 spiro atoms. The Morgan fingerprint density at radius 1 is 1.36 bits per heavy atom. The van der Waals surface area contributed by atoms with Gasteiger partial charge in [0.05, 0.1) is 0 Å². The van der Waals surface area contributed by atoms with Crippen LogP contribution in [0.4, 0.5) is 5.13 Å². The van der Waals surface area contributed by atoms with Crippen molar-refractivity contribution in [3.05, 3.63) is 22.4 Å². The zero-order chi connectivity index (χ0) is 15.2. The first-order chi connectivity index (χ1) is 10.8. The zero-order valence-electron chi connectivity index (χ0n) is 12.3. The van der Waals surface area contributed by atoms with E-state index in [1.165, 1.54) is 41.9 Å². The number of anilines is 1. The van der Waals surface area contributed by atoms with Crippen molar-refractivity contribution in [2.45, 2.75) is 48.6 Å². The smallest absolute Gasteiger partial charge is 0.226 e. The highest BCUT2D eigenvalue weighted by molar-refractivity contribution is 8.00. The van der Waals surface area contributed by atoms with Gasteiger partial charge in [0.25, 0.3) is 0 Å². The summed E-state index contributed by atoms with van der Waals surface area (Å²) in [6, 6.07) is 4.17. The molecule has 1 amide bonds. The van der Waals surface area contributed by atoms with E-state index in [-0.39, 0.29) is 5.91 Å². The van der Waals surface area contributed by atoms with E-state index in [4.69, 9.17) is 0 Å². The van der Waals surface area contributed by atoms with Crippen molar-refractivity contribution in [1.29, 1.82) is 0 Å². The predicted molar refractivity (Wildman–Crippen MR) is 93.6 cm³/mol. The van der Waals surface area contributed by atoms with E-state index in [1.807, 2.05) is 0 Å². The number of carbonyl (C=O) groups is 1. The fourth-order valence-electron chi connectivity index (χ4n) is 2.66. The largest absolute Gasteiger partial charge is 0.301 e. The number of amides is 1. The van der Waals surface area contributed by atoms with E-state index in [0.717, 1.165) is 22.4 Å². The lowest BCUT2D eigenvalue weighted by Gasteiger charge is -2.07. The van der Waals surface area contributed by atoms with Crippen LogP contribution in [0.2, 0.25) is 0 Å². The lowest BCUT2D eigenvalue weighted by molar-refractivity contribution is -0.116. The van der Waals surface area contributed by atoms with Crippen LogP contribution in [0.3, 0.4) is 0 Å². The predicted octanol–water partition coefficient (Wildman–Crippen LogP) is 4.80. The van der Waals surface area contributed by atoms with Gasteiger partial charge in [0.1, 0.15) is 0 Å². The van der Waals surface area contributed by atoms with Crippen molar-refractivity contribution in [1.82, 2.24) is 10.2 Å². The molecule has 1 aliphatic rings. The second-order valence-electron chi connectivity index (χ2n) is 5.48. The molecule has 0 aromatic carbocycles. The third-order valence-electron chi connectivity index (χ3n) is 3.83. The highest BCUT2D eigenvalue weighted by Crippen LogP contribution is 2.30. The number of nitrogens with zero attached hydrogens (tertiary/aromatic N) is 2. The second kappa shape index (κ2) is 8.08. The number of hydrogen-bond acceptors (Lipinski definition) is 6. The molecular weight excluding hydrogens is 334 g/mol. The molecule has 3 rings (SSSR count). The summed E-state index contributed by atoms with van der Waals surface area (Å²) in [5.41, 5.74) is 0. The summed E-state index contributed by atoms with van der Waals surface area (Å²) in [6.45, 7) is 0. The first-order valence-corrected chi connectivity index (χ1v) is 10.3. The average Bonchev–Trinajstić information content (AvgIpc) is 3.25. The van der Waals surface area contributed by atoms with E-state index >= 15 is 0 Å². The van der Waals surface area contributed by atoms with Crippen molar-refractivity contribution in [2.24, 2.45) is 5.92 Å². The van der Waals surface area contributed by atoms with Gasteiger partial charge in [-0.15, -0.1) is 21.5 Å². The topological polar surface area (TPSA) is 54.9 Å². The van der Waals surface area contributed by atoms with Gasteiger partial charge in [0.2, 0.25) is 11.0 Å². The first-order valence-electron chi connectivity index (χ1n) is 7.58. The van der Waals surface area contributed by atoms with Crippen LogP contribution < -0.4 is 5.32 Å². The highest BCUT2D eigenvalue weighted by Gasteiger charge is 2.16. The Labute approximate surface area is 142 Å². The maximum absolute atomic E-state index is 11.9. The minimum atomic E-state index is 0.0675. The number of thioether (sulfide) groups is 1. The molecule has 0 bridgehead atoms. The van der Waals surface area contributed by atoms with Crippen LogP contribution in [-0.2, 0) is 10.5 Å². The van der Waals surface area contributed by atoms with Gasteiger partial charge in [0.15, 0.2) is 4.34 Å². The molecule has 22 heavy (non-hydrogen) atoms. The molecule has 0 unspecified atom stereocenters. The van der Waals surface area contributed by atoms with Gasteiger partial charge in [-0.25, -0.2) is 0 Å². The normalized spacial score (nSPS) is 15.3. The maximum atomic E-state index is 11.9. The molecule has 4 nitrogen and oxygen atoms in total. The Hall–Kier alpha value is -0.920. The third-order valence-corrected chi connectivity index (χ3v) is 6.91. The fraction of sp³-hybridized carbons (Fsp3) is 0.533. The van der Waals surface area contributed by atoms with Crippen LogP contribution in [0.15, 0.2) is 21.9 Å². The number of hydrogen-bond donors (Lipinski definition) is 1. The van der Waals surface area contributed by atoms with Crippen LogP contribution in [0.1, 0.15) is 43.4 Å². The van der Waals surface area contributed by atoms with Gasteiger partial charge in [-0.05, 0) is 23.8 Å². The zero-order valence-corrected chi connectivity index (χ0v) is 14.7. The van der Waals surface area contributed by atoms with Gasteiger partial charge in [-0.3, -0.25) is 4.79 Å². The molecule has 0 atom stereocenters. The number of carbonyl (C=O) groups excluding carboxylic acids is 1. The SMILES string of the molecule is O=C(CCC1CCCC1)Nc1nnc(SCc2cccs2)s1. The Balaban J connectivity index is 1.41. The molecular formula is C15H19N3OS3. The van der Waals surface area contributed by atoms with Gasteiger partial charge >= 0.3 is 0 Å². The molecule has 1 fully saturated rings. The first kappa shape index (κ1) is 16.0. The van der Waals surface area contributed by atoms with Crippen LogP contribution in [0.5, 0.6) is 0 Å². The number of nitrogens with one attached hydrogen (secondary N) is 1. The van der Waals surface area contributed by atoms with E-state index < -0.39 is 0 Å². The lowest BCUT2D eigenvalue weighted by Crippen LogP contribution is -2.12. The van der Waals surface area contributed by atoms with Crippen molar-refractivity contribution < 1.29 is 4.79 Å². The minimum Gasteiger partial charge on any atom is -0.301 e. The fourth-order valence-corrected chi connectivity index (χ4v) is 5.20. The summed E-state index contributed by atoms with van der Waals surface area (Å²) in [5.74, 6) is 1.72. The summed E-state index contributed by atoms with van der Waals surface area (Å²) in [7, 11) is 0.